The zero-order valence-corrected chi connectivity index (χ0v) is 15.9. The lowest BCUT2D eigenvalue weighted by molar-refractivity contribution is 0.0710. The van der Waals surface area contributed by atoms with E-state index >= 15 is 0 Å². The molecule has 0 N–H and O–H groups in total. The number of likely N-dealkylation sites (tertiary alicyclic amines) is 1. The summed E-state index contributed by atoms with van der Waals surface area (Å²) in [5.74, 6) is 0.0699. The Labute approximate surface area is 160 Å². The van der Waals surface area contributed by atoms with Crippen molar-refractivity contribution in [3.8, 4) is 17.1 Å². The molecule has 142 valence electrons. The van der Waals surface area contributed by atoms with Crippen LogP contribution in [-0.4, -0.2) is 45.9 Å². The molecule has 1 saturated carbocycles. The third-order valence-corrected chi connectivity index (χ3v) is 5.84. The lowest BCUT2D eigenvalue weighted by Crippen LogP contribution is -2.43. The molecule has 0 bridgehead atoms. The smallest absolute Gasteiger partial charge is 0.316 e. The van der Waals surface area contributed by atoms with Crippen molar-refractivity contribution in [1.82, 2.24) is 14.9 Å². The van der Waals surface area contributed by atoms with Crippen LogP contribution in [-0.2, 0) is 0 Å². The van der Waals surface area contributed by atoms with Crippen molar-refractivity contribution in [3.05, 3.63) is 42.2 Å². The zero-order chi connectivity index (χ0) is 18.6. The van der Waals surface area contributed by atoms with Gasteiger partial charge in [0.2, 0.25) is 0 Å². The molecule has 5 heteroatoms. The summed E-state index contributed by atoms with van der Waals surface area (Å²) in [6.45, 7) is 3.81. The summed E-state index contributed by atoms with van der Waals surface area (Å²) in [7, 11) is 0. The molecule has 4 rings (SSSR count). The number of ketones is 1. The maximum Gasteiger partial charge on any atom is 0.316 e. The van der Waals surface area contributed by atoms with Crippen LogP contribution in [0, 0.1) is 0 Å². The highest BCUT2D eigenvalue weighted by Gasteiger charge is 2.28. The monoisotopic (exact) mass is 365 g/mol. The lowest BCUT2D eigenvalue weighted by Gasteiger charge is -2.35. The van der Waals surface area contributed by atoms with Crippen molar-refractivity contribution >= 4 is 5.78 Å². The van der Waals surface area contributed by atoms with E-state index in [9.17, 15) is 4.79 Å². The van der Waals surface area contributed by atoms with Crippen LogP contribution in [0.2, 0.25) is 0 Å². The molecule has 0 unspecified atom stereocenters. The Hall–Kier alpha value is -2.27. The van der Waals surface area contributed by atoms with E-state index in [2.05, 4.69) is 14.9 Å². The molecule has 0 radical (unpaired) electrons. The van der Waals surface area contributed by atoms with Gasteiger partial charge in [0, 0.05) is 42.7 Å². The largest absolute Gasteiger partial charge is 0.460 e. The highest BCUT2D eigenvalue weighted by atomic mass is 16.5. The maximum absolute atomic E-state index is 11.4. The number of nitrogens with zero attached hydrogens (tertiary/aromatic N) is 3. The van der Waals surface area contributed by atoms with Crippen LogP contribution in [0.4, 0.5) is 0 Å². The Morgan fingerprint density at radius 2 is 1.59 bits per heavy atom. The van der Waals surface area contributed by atoms with E-state index in [0.717, 1.165) is 43.1 Å². The first kappa shape index (κ1) is 18.1. The molecule has 1 aromatic carbocycles. The molecule has 2 aromatic rings. The Morgan fingerprint density at radius 3 is 2.19 bits per heavy atom. The van der Waals surface area contributed by atoms with Gasteiger partial charge in [-0.1, -0.05) is 37.1 Å². The SMILES string of the molecule is CC(=O)c1ccc(-c2cnc(OC3CCN(C4CCCC4)CC3)nc2)cc1. The topological polar surface area (TPSA) is 55.3 Å². The number of aromatic nitrogens is 2. The van der Waals surface area contributed by atoms with E-state index in [4.69, 9.17) is 4.74 Å². The highest BCUT2D eigenvalue weighted by molar-refractivity contribution is 5.94. The number of carbonyl (C=O) groups excluding carboxylic acids is 1. The summed E-state index contributed by atoms with van der Waals surface area (Å²) in [4.78, 5) is 22.8. The number of piperidine rings is 1. The van der Waals surface area contributed by atoms with E-state index in [-0.39, 0.29) is 11.9 Å². The van der Waals surface area contributed by atoms with Crippen LogP contribution in [0.5, 0.6) is 6.01 Å². The summed E-state index contributed by atoms with van der Waals surface area (Å²) in [5.41, 5.74) is 2.63. The third kappa shape index (κ3) is 4.35. The molecule has 5 nitrogen and oxygen atoms in total. The molecule has 27 heavy (non-hydrogen) atoms. The molecule has 2 heterocycles. The summed E-state index contributed by atoms with van der Waals surface area (Å²) in [6, 6.07) is 8.78. The first-order valence-corrected chi connectivity index (χ1v) is 10.0. The molecule has 1 aliphatic carbocycles. The van der Waals surface area contributed by atoms with E-state index in [1.807, 2.05) is 24.3 Å². The minimum atomic E-state index is 0.0699. The lowest BCUT2D eigenvalue weighted by atomic mass is 10.0. The van der Waals surface area contributed by atoms with Crippen molar-refractivity contribution in [2.24, 2.45) is 0 Å². The normalized spacial score (nSPS) is 19.3. The maximum atomic E-state index is 11.4. The molecule has 1 saturated heterocycles. The first-order chi connectivity index (χ1) is 13.2. The second-order valence-electron chi connectivity index (χ2n) is 7.68. The summed E-state index contributed by atoms with van der Waals surface area (Å²) in [6.07, 6.45) is 11.4. The highest BCUT2D eigenvalue weighted by Crippen LogP contribution is 2.27. The van der Waals surface area contributed by atoms with Gasteiger partial charge in [0.1, 0.15) is 6.10 Å². The second kappa shape index (κ2) is 8.17. The van der Waals surface area contributed by atoms with Crippen molar-refractivity contribution in [1.29, 1.82) is 0 Å². The molecule has 1 aliphatic heterocycles. The standard InChI is InChI=1S/C22H27N3O2/c1-16(26)17-6-8-18(9-7-17)19-14-23-22(24-15-19)27-21-10-12-25(13-11-21)20-4-2-3-5-20/h6-9,14-15,20-21H,2-5,10-13H2,1H3. The zero-order valence-electron chi connectivity index (χ0n) is 15.9. The third-order valence-electron chi connectivity index (χ3n) is 5.84. The van der Waals surface area contributed by atoms with Crippen LogP contribution in [0.15, 0.2) is 36.7 Å². The fourth-order valence-corrected chi connectivity index (χ4v) is 4.20. The quantitative estimate of drug-likeness (QED) is 0.746. The van der Waals surface area contributed by atoms with Gasteiger partial charge in [-0.05, 0) is 38.2 Å². The minimum Gasteiger partial charge on any atom is -0.460 e. The average molecular weight is 365 g/mol. The van der Waals surface area contributed by atoms with Gasteiger partial charge in [-0.25, -0.2) is 9.97 Å². The average Bonchev–Trinajstić information content (AvgIpc) is 3.24. The number of rotatable bonds is 5. The second-order valence-corrected chi connectivity index (χ2v) is 7.68. The fraction of sp³-hybridized carbons (Fsp3) is 0.500. The van der Waals surface area contributed by atoms with Gasteiger partial charge in [-0.2, -0.15) is 0 Å². The molecular weight excluding hydrogens is 338 g/mol. The number of benzene rings is 1. The Balaban J connectivity index is 1.32. The van der Waals surface area contributed by atoms with Crippen LogP contribution in [0.1, 0.15) is 55.8 Å². The predicted octanol–water partition coefficient (Wildman–Crippen LogP) is 4.13. The first-order valence-electron chi connectivity index (χ1n) is 10.0. The Morgan fingerprint density at radius 1 is 0.963 bits per heavy atom. The number of Topliss-reactive ketones (excluding diaryl/α,β-unsaturated/α-hetero) is 1. The molecule has 0 spiro atoms. The van der Waals surface area contributed by atoms with Crippen LogP contribution >= 0.6 is 0 Å². The Bertz CT molecular complexity index is 759. The van der Waals surface area contributed by atoms with Gasteiger partial charge >= 0.3 is 6.01 Å². The van der Waals surface area contributed by atoms with E-state index in [1.54, 1.807) is 19.3 Å². The number of hydrogen-bond donors (Lipinski definition) is 0. The van der Waals surface area contributed by atoms with Gasteiger partial charge < -0.3 is 9.64 Å². The number of hydrogen-bond acceptors (Lipinski definition) is 5. The van der Waals surface area contributed by atoms with Gasteiger partial charge in [-0.3, -0.25) is 4.79 Å². The van der Waals surface area contributed by atoms with Gasteiger partial charge in [0.25, 0.3) is 0 Å². The number of carbonyl (C=O) groups is 1. The van der Waals surface area contributed by atoms with Gasteiger partial charge in [0.05, 0.1) is 0 Å². The summed E-state index contributed by atoms with van der Waals surface area (Å²) >= 11 is 0. The minimum absolute atomic E-state index is 0.0699. The molecule has 2 fully saturated rings. The Kier molecular flexibility index (Phi) is 5.48. The van der Waals surface area contributed by atoms with Gasteiger partial charge in [-0.15, -0.1) is 0 Å². The summed E-state index contributed by atoms with van der Waals surface area (Å²) < 4.78 is 6.01. The molecule has 2 aliphatic rings. The van der Waals surface area contributed by atoms with E-state index in [1.165, 1.54) is 25.7 Å². The van der Waals surface area contributed by atoms with Crippen LogP contribution in [0.25, 0.3) is 11.1 Å². The van der Waals surface area contributed by atoms with Crippen molar-refractivity contribution in [3.63, 3.8) is 0 Å². The van der Waals surface area contributed by atoms with Crippen molar-refractivity contribution in [2.45, 2.75) is 57.6 Å². The van der Waals surface area contributed by atoms with Crippen molar-refractivity contribution in [2.75, 3.05) is 13.1 Å². The van der Waals surface area contributed by atoms with Gasteiger partial charge in [0.15, 0.2) is 5.78 Å². The molecular formula is C22H27N3O2. The summed E-state index contributed by atoms with van der Waals surface area (Å²) in [5, 5.41) is 0. The van der Waals surface area contributed by atoms with Crippen LogP contribution in [0.3, 0.4) is 0 Å². The molecule has 0 atom stereocenters. The van der Waals surface area contributed by atoms with E-state index in [0.29, 0.717) is 11.6 Å². The predicted molar refractivity (Wildman–Crippen MR) is 105 cm³/mol. The van der Waals surface area contributed by atoms with Crippen molar-refractivity contribution < 1.29 is 9.53 Å². The molecule has 0 amide bonds. The fourth-order valence-electron chi connectivity index (χ4n) is 4.20. The van der Waals surface area contributed by atoms with Crippen LogP contribution < -0.4 is 4.74 Å². The number of ether oxygens (including phenoxy) is 1. The van der Waals surface area contributed by atoms with E-state index < -0.39 is 0 Å². The molecule has 1 aromatic heterocycles.